The second-order valence-electron chi connectivity index (χ2n) is 3.10. The minimum Gasteiger partial charge on any atom is -0.295 e. The van der Waals surface area contributed by atoms with Gasteiger partial charge in [-0.15, -0.1) is 0 Å². The lowest BCUT2D eigenvalue weighted by atomic mass is 10.2. The number of aromatic nitrogens is 3. The van der Waals surface area contributed by atoms with Crippen LogP contribution < -0.4 is 11.2 Å². The fraction of sp³-hybridized carbons (Fsp3) is 0.100. The molecule has 0 aromatic carbocycles. The van der Waals surface area contributed by atoms with Crippen LogP contribution in [0.1, 0.15) is 0 Å². The highest BCUT2D eigenvalue weighted by atomic mass is 16.2. The zero-order valence-corrected chi connectivity index (χ0v) is 8.10. The maximum Gasteiger partial charge on any atom is 0.328 e. The van der Waals surface area contributed by atoms with Crippen LogP contribution in [0.4, 0.5) is 0 Å². The summed E-state index contributed by atoms with van der Waals surface area (Å²) >= 11 is 0. The highest BCUT2D eigenvalue weighted by molar-refractivity contribution is 5.53. The summed E-state index contributed by atoms with van der Waals surface area (Å²) in [4.78, 5) is 28.7. The molecule has 0 saturated heterocycles. The first-order valence-electron chi connectivity index (χ1n) is 4.40. The quantitative estimate of drug-likeness (QED) is 0.716. The molecular weight excluding hydrogens is 194 g/mol. The van der Waals surface area contributed by atoms with Crippen LogP contribution >= 0.6 is 0 Å². The molecule has 1 N–H and O–H groups in total. The lowest BCUT2D eigenvalue weighted by molar-refractivity contribution is 0.805. The van der Waals surface area contributed by atoms with Crippen LogP contribution in [0.5, 0.6) is 0 Å². The van der Waals surface area contributed by atoms with E-state index in [1.807, 2.05) is 0 Å². The van der Waals surface area contributed by atoms with Gasteiger partial charge in [-0.25, -0.2) is 4.79 Å². The van der Waals surface area contributed by atoms with Crippen LogP contribution in [0.3, 0.4) is 0 Å². The van der Waals surface area contributed by atoms with Crippen molar-refractivity contribution in [3.63, 3.8) is 0 Å². The third-order valence-corrected chi connectivity index (χ3v) is 2.09. The molecule has 0 unspecified atom stereocenters. The van der Waals surface area contributed by atoms with Crippen molar-refractivity contribution in [2.45, 2.75) is 0 Å². The largest absolute Gasteiger partial charge is 0.328 e. The van der Waals surface area contributed by atoms with Gasteiger partial charge in [0.2, 0.25) is 0 Å². The topological polar surface area (TPSA) is 67.8 Å². The first-order valence-corrected chi connectivity index (χ1v) is 4.40. The van der Waals surface area contributed by atoms with Crippen molar-refractivity contribution in [3.05, 3.63) is 51.3 Å². The van der Waals surface area contributed by atoms with Crippen LogP contribution in [0, 0.1) is 0 Å². The second kappa shape index (κ2) is 3.53. The summed E-state index contributed by atoms with van der Waals surface area (Å²) in [5.41, 5.74) is 0.245. The van der Waals surface area contributed by atoms with E-state index in [9.17, 15) is 9.59 Å². The number of aromatic amines is 1. The van der Waals surface area contributed by atoms with Crippen molar-refractivity contribution in [2.24, 2.45) is 7.05 Å². The van der Waals surface area contributed by atoms with Gasteiger partial charge in [0, 0.05) is 19.3 Å². The molecule has 0 aliphatic rings. The Bertz CT molecular complexity index is 584. The number of hydrogen-bond acceptors (Lipinski definition) is 3. The standard InChI is InChI=1S/C10H9N3O2/c1-13-8(6-9(14)12-10(13)15)7-4-2-3-5-11-7/h2-6H,1H3,(H,12,14,15). The van der Waals surface area contributed by atoms with E-state index in [0.717, 1.165) is 0 Å². The Morgan fingerprint density at radius 3 is 2.80 bits per heavy atom. The average molecular weight is 203 g/mol. The van der Waals surface area contributed by atoms with Gasteiger partial charge in [0.15, 0.2) is 0 Å². The highest BCUT2D eigenvalue weighted by Crippen LogP contribution is 2.10. The summed E-state index contributed by atoms with van der Waals surface area (Å²) in [7, 11) is 1.59. The Labute approximate surface area is 85.0 Å². The molecule has 0 saturated carbocycles. The molecule has 0 radical (unpaired) electrons. The molecule has 0 aliphatic carbocycles. The molecule has 0 bridgehead atoms. The molecule has 2 aromatic rings. The maximum absolute atomic E-state index is 11.3. The van der Waals surface area contributed by atoms with Gasteiger partial charge in [-0.05, 0) is 12.1 Å². The van der Waals surface area contributed by atoms with Gasteiger partial charge in [-0.3, -0.25) is 19.3 Å². The average Bonchev–Trinajstić information content (AvgIpc) is 2.24. The third kappa shape index (κ3) is 1.71. The second-order valence-corrected chi connectivity index (χ2v) is 3.10. The normalized spacial score (nSPS) is 10.2. The van der Waals surface area contributed by atoms with Crippen LogP contribution in [-0.2, 0) is 7.05 Å². The monoisotopic (exact) mass is 203 g/mol. The molecular formula is C10H9N3O2. The van der Waals surface area contributed by atoms with Gasteiger partial charge in [-0.2, -0.15) is 0 Å². The van der Waals surface area contributed by atoms with Crippen molar-refractivity contribution in [1.29, 1.82) is 0 Å². The highest BCUT2D eigenvalue weighted by Gasteiger charge is 2.04. The van der Waals surface area contributed by atoms with Crippen LogP contribution in [0.15, 0.2) is 40.1 Å². The first kappa shape index (κ1) is 9.39. The van der Waals surface area contributed by atoms with Crippen molar-refractivity contribution in [3.8, 4) is 11.4 Å². The molecule has 0 atom stereocenters. The Kier molecular flexibility index (Phi) is 2.21. The SMILES string of the molecule is Cn1c(-c2ccccn2)cc(=O)[nH]c1=O. The molecule has 0 spiro atoms. The van der Waals surface area contributed by atoms with E-state index in [1.165, 1.54) is 10.6 Å². The zero-order chi connectivity index (χ0) is 10.8. The number of H-pyrrole nitrogens is 1. The van der Waals surface area contributed by atoms with Gasteiger partial charge < -0.3 is 0 Å². The molecule has 0 fully saturated rings. The Hall–Kier alpha value is -2.17. The fourth-order valence-electron chi connectivity index (χ4n) is 1.32. The third-order valence-electron chi connectivity index (χ3n) is 2.09. The lowest BCUT2D eigenvalue weighted by Crippen LogP contribution is -2.28. The summed E-state index contributed by atoms with van der Waals surface area (Å²) in [6.45, 7) is 0. The molecule has 76 valence electrons. The lowest BCUT2D eigenvalue weighted by Gasteiger charge is -2.04. The molecule has 2 heterocycles. The van der Waals surface area contributed by atoms with Gasteiger partial charge in [0.25, 0.3) is 5.56 Å². The predicted molar refractivity (Wildman–Crippen MR) is 55.5 cm³/mol. The van der Waals surface area contributed by atoms with Gasteiger partial charge in [0.05, 0.1) is 11.4 Å². The summed E-state index contributed by atoms with van der Waals surface area (Å²) in [5, 5.41) is 0. The fourth-order valence-corrected chi connectivity index (χ4v) is 1.32. The molecule has 0 aliphatic heterocycles. The number of nitrogens with one attached hydrogen (secondary N) is 1. The summed E-state index contributed by atoms with van der Waals surface area (Å²) in [5.74, 6) is 0. The van der Waals surface area contributed by atoms with Crippen molar-refractivity contribution >= 4 is 0 Å². The van der Waals surface area contributed by atoms with Crippen molar-refractivity contribution < 1.29 is 0 Å². The van der Waals surface area contributed by atoms with Crippen molar-refractivity contribution in [1.82, 2.24) is 14.5 Å². The van der Waals surface area contributed by atoms with E-state index in [2.05, 4.69) is 9.97 Å². The van der Waals surface area contributed by atoms with E-state index in [0.29, 0.717) is 11.4 Å². The van der Waals surface area contributed by atoms with Crippen LogP contribution in [-0.4, -0.2) is 14.5 Å². The van der Waals surface area contributed by atoms with E-state index in [1.54, 1.807) is 31.4 Å². The van der Waals surface area contributed by atoms with E-state index in [-0.39, 0.29) is 0 Å². The Morgan fingerprint density at radius 2 is 2.13 bits per heavy atom. The number of hydrogen-bond donors (Lipinski definition) is 1. The smallest absolute Gasteiger partial charge is 0.295 e. The first-order chi connectivity index (χ1) is 7.18. The van der Waals surface area contributed by atoms with Gasteiger partial charge >= 0.3 is 5.69 Å². The minimum atomic E-state index is -0.442. The maximum atomic E-state index is 11.3. The van der Waals surface area contributed by atoms with Crippen LogP contribution in [0.2, 0.25) is 0 Å². The molecule has 5 heteroatoms. The number of nitrogens with zero attached hydrogens (tertiary/aromatic N) is 2. The molecule has 0 amide bonds. The number of rotatable bonds is 1. The molecule has 15 heavy (non-hydrogen) atoms. The summed E-state index contributed by atoms with van der Waals surface area (Å²) in [6.07, 6.45) is 1.61. The van der Waals surface area contributed by atoms with E-state index in [4.69, 9.17) is 0 Å². The number of pyridine rings is 1. The van der Waals surface area contributed by atoms with Crippen LogP contribution in [0.25, 0.3) is 11.4 Å². The molecule has 2 rings (SSSR count). The summed E-state index contributed by atoms with van der Waals surface area (Å²) in [6, 6.07) is 6.67. The van der Waals surface area contributed by atoms with Gasteiger partial charge in [-0.1, -0.05) is 6.07 Å². The predicted octanol–water partition coefficient (Wildman–Crippen LogP) is 0.136. The Morgan fingerprint density at radius 1 is 1.33 bits per heavy atom. The molecule has 5 nitrogen and oxygen atoms in total. The van der Waals surface area contributed by atoms with Gasteiger partial charge in [0.1, 0.15) is 0 Å². The minimum absolute atomic E-state index is 0.418. The van der Waals surface area contributed by atoms with E-state index >= 15 is 0 Å². The van der Waals surface area contributed by atoms with Crippen molar-refractivity contribution in [2.75, 3.05) is 0 Å². The Balaban J connectivity index is 2.74. The summed E-state index contributed by atoms with van der Waals surface area (Å²) < 4.78 is 1.35. The van der Waals surface area contributed by atoms with E-state index < -0.39 is 11.2 Å². The molecule has 2 aromatic heterocycles. The zero-order valence-electron chi connectivity index (χ0n) is 8.10.